The van der Waals surface area contributed by atoms with Crippen LogP contribution in [0.5, 0.6) is 0 Å². The van der Waals surface area contributed by atoms with Crippen molar-refractivity contribution in [3.63, 3.8) is 0 Å². The zero-order chi connectivity index (χ0) is 45.0. The number of benzene rings is 4. The van der Waals surface area contributed by atoms with Crippen molar-refractivity contribution in [2.75, 3.05) is 40.5 Å². The van der Waals surface area contributed by atoms with Crippen LogP contribution in [-0.4, -0.2) is 100 Å². The molecule has 0 spiro atoms. The number of likely N-dealkylation sites (tertiary alicyclic amines) is 2. The quantitative estimate of drug-likeness (QED) is 0.100. The molecule has 4 N–H and O–H groups in total. The van der Waals surface area contributed by atoms with Gasteiger partial charge >= 0.3 is 12.2 Å². The Hall–Kier alpha value is -7.07. The average molecular weight is 883 g/mol. The average Bonchev–Trinajstić information content (AvgIpc) is 4.20. The highest BCUT2D eigenvalue weighted by Crippen LogP contribution is 2.37. The minimum absolute atomic E-state index is 0.0375. The highest BCUT2D eigenvalue weighted by atomic mass is 19.1. The van der Waals surface area contributed by atoms with Gasteiger partial charge in [0.05, 0.1) is 43.9 Å². The number of aromatic amines is 2. The zero-order valence-electron chi connectivity index (χ0n) is 36.2. The highest BCUT2D eigenvalue weighted by molar-refractivity contribution is 5.91. The number of H-pyrrole nitrogens is 2. The predicted octanol–water partition coefficient (Wildman–Crippen LogP) is 8.00. The predicted molar refractivity (Wildman–Crippen MR) is 239 cm³/mol. The molecule has 2 aromatic heterocycles. The molecule has 3 aliphatic rings. The van der Waals surface area contributed by atoms with Crippen molar-refractivity contribution in [3.05, 3.63) is 120 Å². The molecule has 9 rings (SSSR count). The molecule has 3 aliphatic heterocycles. The Labute approximate surface area is 375 Å². The smallest absolute Gasteiger partial charge is 0.407 e. The monoisotopic (exact) mass is 882 g/mol. The maximum Gasteiger partial charge on any atom is 0.407 e. The van der Waals surface area contributed by atoms with E-state index in [0.717, 1.165) is 69.5 Å². The van der Waals surface area contributed by atoms with Gasteiger partial charge in [0.1, 0.15) is 29.5 Å². The van der Waals surface area contributed by atoms with E-state index in [0.29, 0.717) is 57.0 Å². The molecule has 0 aliphatic carbocycles. The van der Waals surface area contributed by atoms with Gasteiger partial charge in [-0.1, -0.05) is 60.7 Å². The van der Waals surface area contributed by atoms with Crippen LogP contribution in [0.4, 0.5) is 14.0 Å². The van der Waals surface area contributed by atoms with E-state index >= 15 is 0 Å². The zero-order valence-corrected chi connectivity index (χ0v) is 36.2. The van der Waals surface area contributed by atoms with Crippen LogP contribution < -0.4 is 10.6 Å². The first-order chi connectivity index (χ1) is 31.7. The van der Waals surface area contributed by atoms with Crippen molar-refractivity contribution in [3.8, 4) is 33.6 Å². The van der Waals surface area contributed by atoms with Gasteiger partial charge in [-0.05, 0) is 102 Å². The molecule has 336 valence electrons. The van der Waals surface area contributed by atoms with Crippen molar-refractivity contribution in [2.45, 2.75) is 62.7 Å². The largest absolute Gasteiger partial charge is 0.453 e. The maximum atomic E-state index is 14.0. The molecule has 0 radical (unpaired) electrons. The van der Waals surface area contributed by atoms with Gasteiger partial charge in [-0.3, -0.25) is 9.59 Å². The Bertz CT molecular complexity index is 2680. The third-order valence-electron chi connectivity index (χ3n) is 12.9. The van der Waals surface area contributed by atoms with E-state index < -0.39 is 30.1 Å². The fraction of sp³-hybridized carbons (Fsp3) is 0.347. The lowest BCUT2D eigenvalue weighted by molar-refractivity contribution is -0.137. The van der Waals surface area contributed by atoms with E-state index in [9.17, 15) is 23.6 Å². The van der Waals surface area contributed by atoms with Gasteiger partial charge in [0.15, 0.2) is 0 Å². The molecule has 3 fully saturated rings. The summed E-state index contributed by atoms with van der Waals surface area (Å²) >= 11 is 0. The van der Waals surface area contributed by atoms with Crippen LogP contribution in [0.2, 0.25) is 0 Å². The van der Waals surface area contributed by atoms with Crippen LogP contribution in [0.15, 0.2) is 97.3 Å². The van der Waals surface area contributed by atoms with Gasteiger partial charge < -0.3 is 44.6 Å². The first-order valence-electron chi connectivity index (χ1n) is 22.1. The topological polar surface area (TPSA) is 184 Å². The number of ether oxygens (including phenoxy) is 3. The lowest BCUT2D eigenvalue weighted by atomic mass is 9.90. The molecule has 0 saturated carbocycles. The third kappa shape index (κ3) is 9.16. The number of carbonyl (C=O) groups excluding carboxylic acids is 4. The number of halogens is 1. The summed E-state index contributed by atoms with van der Waals surface area (Å²) in [4.78, 5) is 72.5. The minimum Gasteiger partial charge on any atom is -0.453 e. The molecule has 0 unspecified atom stereocenters. The minimum atomic E-state index is -1.05. The fourth-order valence-corrected chi connectivity index (χ4v) is 9.44. The maximum absolute atomic E-state index is 14.0. The Balaban J connectivity index is 0.868. The van der Waals surface area contributed by atoms with Gasteiger partial charge in [0, 0.05) is 38.1 Å². The number of aromatic nitrogens is 4. The normalized spacial score (nSPS) is 18.6. The van der Waals surface area contributed by atoms with Gasteiger partial charge in [0.25, 0.3) is 5.91 Å². The van der Waals surface area contributed by atoms with Gasteiger partial charge in [0.2, 0.25) is 5.91 Å². The Morgan fingerprint density at radius 2 is 1.32 bits per heavy atom. The van der Waals surface area contributed by atoms with E-state index in [4.69, 9.17) is 19.2 Å². The summed E-state index contributed by atoms with van der Waals surface area (Å²) in [6, 6.07) is 24.0. The first-order valence-corrected chi connectivity index (χ1v) is 22.1. The molecule has 6 aromatic rings. The molecule has 65 heavy (non-hydrogen) atoms. The number of rotatable bonds is 11. The number of carbonyl (C=O) groups is 4. The van der Waals surface area contributed by atoms with Crippen molar-refractivity contribution >= 4 is 34.8 Å². The van der Waals surface area contributed by atoms with E-state index in [1.54, 1.807) is 11.1 Å². The van der Waals surface area contributed by atoms with Crippen molar-refractivity contribution in [1.29, 1.82) is 0 Å². The van der Waals surface area contributed by atoms with Gasteiger partial charge in [-0.25, -0.2) is 23.9 Å². The number of imidazole rings is 2. The summed E-state index contributed by atoms with van der Waals surface area (Å²) in [5, 5.41) is 7.57. The van der Waals surface area contributed by atoms with E-state index in [1.165, 1.54) is 38.5 Å². The molecule has 3 saturated heterocycles. The number of nitrogens with zero attached hydrogens (tertiary/aromatic N) is 4. The van der Waals surface area contributed by atoms with E-state index in [1.807, 2.05) is 23.2 Å². The number of fused-ring (bicyclic) bond motifs is 1. The Kier molecular flexibility index (Phi) is 12.6. The lowest BCUT2D eigenvalue weighted by Crippen LogP contribution is -2.53. The number of methoxy groups -OCH3 is 2. The molecule has 16 heteroatoms. The number of hydrogen-bond donors (Lipinski definition) is 4. The molecule has 5 heterocycles. The summed E-state index contributed by atoms with van der Waals surface area (Å²) in [5.41, 5.74) is 6.04. The first kappa shape index (κ1) is 43.2. The molecule has 4 amide bonds. The number of amides is 4. The summed E-state index contributed by atoms with van der Waals surface area (Å²) in [6.07, 6.45) is 6.69. The molecular weight excluding hydrogens is 832 g/mol. The van der Waals surface area contributed by atoms with Crippen molar-refractivity contribution < 1.29 is 37.8 Å². The summed E-state index contributed by atoms with van der Waals surface area (Å²) in [6.45, 7) is 2.16. The number of hydrogen-bond acceptors (Lipinski definition) is 9. The van der Waals surface area contributed by atoms with Crippen LogP contribution >= 0.6 is 0 Å². The molecule has 15 nitrogen and oxygen atoms in total. The SMILES string of the molecule is COC(=O)N[C@H](C(=O)N1CCC[C@H]1c1nc(-c2ccc3cc(-c4ccc(-c5cnc([C@@H]6CCCN6C(=O)[C@H](NC(=O)OC)c6ccc(F)cc6)[nH]5)cc4)ccc3c2)c[nH]1)C1CCOCC1. The summed E-state index contributed by atoms with van der Waals surface area (Å²) in [5.74, 6) is 0.428. The molecule has 4 atom stereocenters. The molecular formula is C49H51FN8O7. The number of nitrogens with one attached hydrogen (secondary N) is 4. The second-order valence-corrected chi connectivity index (χ2v) is 16.8. The summed E-state index contributed by atoms with van der Waals surface area (Å²) < 4.78 is 28.9. The van der Waals surface area contributed by atoms with Crippen LogP contribution in [0.1, 0.15) is 73.9 Å². The van der Waals surface area contributed by atoms with E-state index in [-0.39, 0.29) is 29.8 Å². The lowest BCUT2D eigenvalue weighted by Gasteiger charge is -2.34. The molecule has 0 bridgehead atoms. The van der Waals surface area contributed by atoms with Crippen molar-refractivity contribution in [1.82, 2.24) is 40.4 Å². The van der Waals surface area contributed by atoms with Crippen LogP contribution in [0.3, 0.4) is 0 Å². The van der Waals surface area contributed by atoms with Gasteiger partial charge in [-0.15, -0.1) is 0 Å². The third-order valence-corrected chi connectivity index (χ3v) is 12.9. The number of alkyl carbamates (subject to hydrolysis) is 2. The van der Waals surface area contributed by atoms with Crippen molar-refractivity contribution in [2.24, 2.45) is 5.92 Å². The second-order valence-electron chi connectivity index (χ2n) is 16.8. The Morgan fingerprint density at radius 1 is 0.723 bits per heavy atom. The van der Waals surface area contributed by atoms with E-state index in [2.05, 4.69) is 74.1 Å². The van der Waals surface area contributed by atoms with Gasteiger partial charge in [-0.2, -0.15) is 0 Å². The van der Waals surface area contributed by atoms with Crippen LogP contribution in [0.25, 0.3) is 44.4 Å². The standard InChI is InChI=1S/C49H51FN8O7/c1-63-48(61)55-42(31-15-17-37(50)18-16-31)46(59)57-21-3-5-40(57)44-51-27-38(53-44)30-9-7-29(8-10-30)33-11-12-35-26-36(14-13-34(35)25-33)39-28-52-45(54-39)41-6-4-22-58(41)47(60)43(56-49(62)64-2)32-19-23-65-24-20-32/h7-18,25-28,32,40-43H,3-6,19-24H2,1-2H3,(H,51,53)(H,52,54)(H,55,61)(H,56,62)/t40-,41-,42+,43-/m0/s1. The molecule has 4 aromatic carbocycles. The highest BCUT2D eigenvalue weighted by Gasteiger charge is 2.41. The summed E-state index contributed by atoms with van der Waals surface area (Å²) in [7, 11) is 2.53. The Morgan fingerprint density at radius 3 is 2.02 bits per heavy atom. The van der Waals surface area contributed by atoms with Crippen LogP contribution in [0, 0.1) is 11.7 Å². The second kappa shape index (κ2) is 19.0. The fourth-order valence-electron chi connectivity index (χ4n) is 9.44. The van der Waals surface area contributed by atoms with Crippen LogP contribution in [-0.2, 0) is 23.8 Å².